The molecule has 2 amide bonds. The maximum atomic E-state index is 11.8. The molecule has 1 aromatic rings. The van der Waals surface area contributed by atoms with Crippen molar-refractivity contribution in [1.29, 1.82) is 0 Å². The molecule has 1 saturated carbocycles. The Morgan fingerprint density at radius 3 is 2.89 bits per heavy atom. The standard InChI is InChI=1S/C14H24N4O/c1-12(11-18-9-5-8-16-18)10-15-14(19)17-13-6-3-2-4-7-13/h5,8-9,12-13H,2-4,6-7,10-11H2,1H3,(H2,15,17,19)/t12-/m1/s1. The van der Waals surface area contributed by atoms with Gasteiger partial charge in [-0.2, -0.15) is 5.10 Å². The Hall–Kier alpha value is -1.52. The summed E-state index contributed by atoms with van der Waals surface area (Å²) in [6, 6.07) is 2.25. The Morgan fingerprint density at radius 2 is 2.21 bits per heavy atom. The van der Waals surface area contributed by atoms with Gasteiger partial charge >= 0.3 is 6.03 Å². The van der Waals surface area contributed by atoms with E-state index in [0.29, 0.717) is 18.5 Å². The van der Waals surface area contributed by atoms with Gasteiger partial charge in [-0.15, -0.1) is 0 Å². The van der Waals surface area contributed by atoms with Crippen LogP contribution in [0.25, 0.3) is 0 Å². The Bertz CT molecular complexity index is 371. The SMILES string of the molecule is C[C@H](CNC(=O)NC1CCCCC1)Cn1cccn1. The second kappa shape index (κ2) is 7.16. The van der Waals surface area contributed by atoms with Gasteiger partial charge < -0.3 is 10.6 Å². The van der Waals surface area contributed by atoms with Gasteiger partial charge in [0.1, 0.15) is 0 Å². The van der Waals surface area contributed by atoms with E-state index in [0.717, 1.165) is 19.4 Å². The fourth-order valence-corrected chi connectivity index (χ4v) is 2.54. The van der Waals surface area contributed by atoms with Crippen molar-refractivity contribution in [2.24, 2.45) is 5.92 Å². The van der Waals surface area contributed by atoms with Gasteiger partial charge in [-0.05, 0) is 24.8 Å². The van der Waals surface area contributed by atoms with Gasteiger partial charge in [0.15, 0.2) is 0 Å². The molecule has 2 N–H and O–H groups in total. The average molecular weight is 264 g/mol. The molecule has 106 valence electrons. The Balaban J connectivity index is 1.62. The predicted molar refractivity (Wildman–Crippen MR) is 74.8 cm³/mol. The average Bonchev–Trinajstić information content (AvgIpc) is 2.90. The number of nitrogens with one attached hydrogen (secondary N) is 2. The third kappa shape index (κ3) is 4.93. The first-order chi connectivity index (χ1) is 9.24. The number of aromatic nitrogens is 2. The predicted octanol–water partition coefficient (Wildman–Crippen LogP) is 2.15. The summed E-state index contributed by atoms with van der Waals surface area (Å²) in [5, 5.41) is 10.2. The summed E-state index contributed by atoms with van der Waals surface area (Å²) >= 11 is 0. The Morgan fingerprint density at radius 1 is 1.42 bits per heavy atom. The topological polar surface area (TPSA) is 59.0 Å². The normalized spacial score (nSPS) is 17.9. The molecule has 1 aliphatic rings. The van der Waals surface area contributed by atoms with Gasteiger partial charge in [-0.1, -0.05) is 26.2 Å². The first-order valence-electron chi connectivity index (χ1n) is 7.26. The van der Waals surface area contributed by atoms with E-state index in [1.807, 2.05) is 16.9 Å². The van der Waals surface area contributed by atoms with Crippen LogP contribution in [0.2, 0.25) is 0 Å². The number of amides is 2. The van der Waals surface area contributed by atoms with Crippen LogP contribution in [0.5, 0.6) is 0 Å². The monoisotopic (exact) mass is 264 g/mol. The largest absolute Gasteiger partial charge is 0.338 e. The van der Waals surface area contributed by atoms with Crippen LogP contribution in [-0.4, -0.2) is 28.4 Å². The lowest BCUT2D eigenvalue weighted by atomic mass is 9.96. The highest BCUT2D eigenvalue weighted by Gasteiger charge is 2.15. The van der Waals surface area contributed by atoms with E-state index in [2.05, 4.69) is 22.7 Å². The fourth-order valence-electron chi connectivity index (χ4n) is 2.54. The minimum atomic E-state index is -0.0285. The zero-order valence-corrected chi connectivity index (χ0v) is 11.6. The van der Waals surface area contributed by atoms with E-state index in [1.54, 1.807) is 6.20 Å². The van der Waals surface area contributed by atoms with Crippen molar-refractivity contribution in [3.63, 3.8) is 0 Å². The number of carbonyl (C=O) groups is 1. The third-order valence-electron chi connectivity index (χ3n) is 3.61. The first-order valence-corrected chi connectivity index (χ1v) is 7.26. The van der Waals surface area contributed by atoms with Crippen molar-refractivity contribution in [3.8, 4) is 0 Å². The highest BCUT2D eigenvalue weighted by Crippen LogP contribution is 2.17. The van der Waals surface area contributed by atoms with Gasteiger partial charge in [-0.3, -0.25) is 4.68 Å². The van der Waals surface area contributed by atoms with E-state index < -0.39 is 0 Å². The summed E-state index contributed by atoms with van der Waals surface area (Å²) in [6.45, 7) is 3.62. The van der Waals surface area contributed by atoms with Gasteiger partial charge in [0.2, 0.25) is 0 Å². The minimum absolute atomic E-state index is 0.0285. The van der Waals surface area contributed by atoms with Crippen LogP contribution in [0.15, 0.2) is 18.5 Å². The van der Waals surface area contributed by atoms with Gasteiger partial charge in [-0.25, -0.2) is 4.79 Å². The highest BCUT2D eigenvalue weighted by atomic mass is 16.2. The molecule has 1 atom stereocenters. The number of hydrogen-bond acceptors (Lipinski definition) is 2. The quantitative estimate of drug-likeness (QED) is 0.856. The lowest BCUT2D eigenvalue weighted by Crippen LogP contribution is -2.44. The van der Waals surface area contributed by atoms with E-state index >= 15 is 0 Å². The van der Waals surface area contributed by atoms with Crippen LogP contribution in [-0.2, 0) is 6.54 Å². The first kappa shape index (κ1) is 13.9. The molecule has 1 aromatic heterocycles. The molecule has 0 spiro atoms. The lowest BCUT2D eigenvalue weighted by Gasteiger charge is -2.23. The summed E-state index contributed by atoms with van der Waals surface area (Å²) in [4.78, 5) is 11.8. The molecular weight excluding hydrogens is 240 g/mol. The minimum Gasteiger partial charge on any atom is -0.338 e. The fraction of sp³-hybridized carbons (Fsp3) is 0.714. The van der Waals surface area contributed by atoms with Gasteiger partial charge in [0.05, 0.1) is 0 Å². The van der Waals surface area contributed by atoms with Crippen LogP contribution in [0.1, 0.15) is 39.0 Å². The van der Waals surface area contributed by atoms with Gasteiger partial charge in [0, 0.05) is 31.5 Å². The molecule has 0 saturated heterocycles. The van der Waals surface area contributed by atoms with Crippen LogP contribution in [0, 0.1) is 5.92 Å². The smallest absolute Gasteiger partial charge is 0.315 e. The van der Waals surface area contributed by atoms with Gasteiger partial charge in [0.25, 0.3) is 0 Å². The highest BCUT2D eigenvalue weighted by molar-refractivity contribution is 5.74. The van der Waals surface area contributed by atoms with Crippen LogP contribution >= 0.6 is 0 Å². The molecule has 5 heteroatoms. The Kier molecular flexibility index (Phi) is 5.24. The molecule has 5 nitrogen and oxygen atoms in total. The molecule has 0 aliphatic heterocycles. The molecule has 1 aliphatic carbocycles. The summed E-state index contributed by atoms with van der Waals surface area (Å²) in [6.07, 6.45) is 9.74. The maximum Gasteiger partial charge on any atom is 0.315 e. The number of hydrogen-bond donors (Lipinski definition) is 2. The van der Waals surface area contributed by atoms with Crippen LogP contribution in [0.4, 0.5) is 4.79 Å². The lowest BCUT2D eigenvalue weighted by molar-refractivity contribution is 0.230. The second-order valence-corrected chi connectivity index (χ2v) is 5.52. The van der Waals surface area contributed by atoms with Crippen LogP contribution in [0.3, 0.4) is 0 Å². The third-order valence-corrected chi connectivity index (χ3v) is 3.61. The molecule has 1 fully saturated rings. The summed E-state index contributed by atoms with van der Waals surface area (Å²) in [5.41, 5.74) is 0. The van der Waals surface area contributed by atoms with Crippen LogP contribution < -0.4 is 10.6 Å². The zero-order chi connectivity index (χ0) is 13.5. The van der Waals surface area contributed by atoms with Crippen molar-refractivity contribution in [3.05, 3.63) is 18.5 Å². The summed E-state index contributed by atoms with van der Waals surface area (Å²) < 4.78 is 1.89. The number of rotatable bonds is 5. The molecule has 0 bridgehead atoms. The molecular formula is C14H24N4O. The molecule has 19 heavy (non-hydrogen) atoms. The molecule has 2 rings (SSSR count). The van der Waals surface area contributed by atoms with Crippen molar-refractivity contribution in [2.75, 3.05) is 6.54 Å². The van der Waals surface area contributed by atoms with E-state index in [-0.39, 0.29) is 6.03 Å². The second-order valence-electron chi connectivity index (χ2n) is 5.52. The molecule has 0 aromatic carbocycles. The van der Waals surface area contributed by atoms with Crippen molar-refractivity contribution in [1.82, 2.24) is 20.4 Å². The zero-order valence-electron chi connectivity index (χ0n) is 11.6. The van der Waals surface area contributed by atoms with Crippen molar-refractivity contribution < 1.29 is 4.79 Å². The summed E-state index contributed by atoms with van der Waals surface area (Å²) in [5.74, 6) is 0.372. The number of urea groups is 1. The summed E-state index contributed by atoms with van der Waals surface area (Å²) in [7, 11) is 0. The molecule has 0 unspecified atom stereocenters. The molecule has 1 heterocycles. The van der Waals surface area contributed by atoms with E-state index in [4.69, 9.17) is 0 Å². The number of nitrogens with zero attached hydrogens (tertiary/aromatic N) is 2. The Labute approximate surface area is 114 Å². The molecule has 0 radical (unpaired) electrons. The maximum absolute atomic E-state index is 11.8. The van der Waals surface area contributed by atoms with Crippen molar-refractivity contribution in [2.45, 2.75) is 51.6 Å². The number of carbonyl (C=O) groups excluding carboxylic acids is 1. The van der Waals surface area contributed by atoms with Crippen molar-refractivity contribution >= 4 is 6.03 Å². The van der Waals surface area contributed by atoms with E-state index in [9.17, 15) is 4.79 Å². The van der Waals surface area contributed by atoms with E-state index in [1.165, 1.54) is 19.3 Å².